The normalized spacial score (nSPS) is 10.9. The smallest absolute Gasteiger partial charge is 0.343 e. The van der Waals surface area contributed by atoms with E-state index in [9.17, 15) is 19.2 Å². The molecule has 14 heteroatoms. The molecular weight excluding hydrogens is 711 g/mol. The Morgan fingerprint density at radius 3 is 1.31 bits per heavy atom. The maximum atomic E-state index is 12.4. The molecule has 270 valence electrons. The summed E-state index contributed by atoms with van der Waals surface area (Å²) in [5.41, 5.74) is 6.91. The molecule has 0 heterocycles. The van der Waals surface area contributed by atoms with Crippen LogP contribution < -0.4 is 29.8 Å². The number of halogens is 2. The fourth-order valence-electron chi connectivity index (χ4n) is 4.58. The van der Waals surface area contributed by atoms with Crippen molar-refractivity contribution in [2.24, 2.45) is 10.2 Å². The molecule has 0 saturated carbocycles. The van der Waals surface area contributed by atoms with Gasteiger partial charge >= 0.3 is 11.9 Å². The summed E-state index contributed by atoms with van der Waals surface area (Å²) in [6.07, 6.45) is 6.26. The Bertz CT molecular complexity index is 1780. The highest BCUT2D eigenvalue weighted by Crippen LogP contribution is 2.30. The van der Waals surface area contributed by atoms with Gasteiger partial charge in [0.25, 0.3) is 0 Å². The number of esters is 2. The molecule has 0 spiro atoms. The van der Waals surface area contributed by atoms with Gasteiger partial charge in [-0.15, -0.1) is 0 Å². The largest absolute Gasteiger partial charge is 0.493 e. The van der Waals surface area contributed by atoms with E-state index in [1.165, 1.54) is 26.6 Å². The second-order valence-corrected chi connectivity index (χ2v) is 12.0. The summed E-state index contributed by atoms with van der Waals surface area (Å²) in [7, 11) is 2.90. The van der Waals surface area contributed by atoms with Crippen LogP contribution in [0.1, 0.15) is 70.4 Å². The van der Waals surface area contributed by atoms with Crippen LogP contribution in [0.4, 0.5) is 0 Å². The standard InChI is InChI=1S/C38H36Cl2N4O8/c1-49-33-21-25(9-19-31(33)51-37(47)27-11-15-29(39)16-12-27)23-41-43-35(45)7-5-3-4-6-8-36(46)44-42-24-26-10-20-32(34(22-26)50-2)52-38(48)28-13-17-30(40)18-14-28/h9-24H,3-8H2,1-2H3,(H,43,45)(H,44,46). The Hall–Kier alpha value is -5.72. The average molecular weight is 748 g/mol. The lowest BCUT2D eigenvalue weighted by Crippen LogP contribution is -2.17. The van der Waals surface area contributed by atoms with Gasteiger partial charge in [0.05, 0.1) is 37.8 Å². The van der Waals surface area contributed by atoms with Gasteiger partial charge in [0, 0.05) is 22.9 Å². The highest BCUT2D eigenvalue weighted by molar-refractivity contribution is 6.31. The molecule has 0 aromatic heterocycles. The number of hydrazone groups is 2. The van der Waals surface area contributed by atoms with E-state index in [1.807, 2.05) is 0 Å². The third-order valence-corrected chi connectivity index (χ3v) is 7.81. The maximum Gasteiger partial charge on any atom is 0.343 e. The van der Waals surface area contributed by atoms with Crippen LogP contribution in [0.3, 0.4) is 0 Å². The SMILES string of the molecule is COc1cc(C=NNC(=O)CCCCCCC(=O)NN=Cc2ccc(OC(=O)c3ccc(Cl)cc3)c(OC)c2)ccc1OC(=O)c1ccc(Cl)cc1. The van der Waals surface area contributed by atoms with E-state index < -0.39 is 11.9 Å². The minimum atomic E-state index is -0.559. The van der Waals surface area contributed by atoms with E-state index in [-0.39, 0.29) is 36.2 Å². The van der Waals surface area contributed by atoms with Crippen LogP contribution in [0.15, 0.2) is 95.1 Å². The minimum Gasteiger partial charge on any atom is -0.493 e. The Kier molecular flexibility index (Phi) is 15.2. The zero-order chi connectivity index (χ0) is 37.3. The highest BCUT2D eigenvalue weighted by atomic mass is 35.5. The van der Waals surface area contributed by atoms with Crippen LogP contribution in [0, 0.1) is 0 Å². The van der Waals surface area contributed by atoms with Crippen LogP contribution in [0.25, 0.3) is 0 Å². The van der Waals surface area contributed by atoms with Crippen LogP contribution in [0.2, 0.25) is 10.0 Å². The summed E-state index contributed by atoms with van der Waals surface area (Å²) in [6.45, 7) is 0. The van der Waals surface area contributed by atoms with E-state index in [2.05, 4.69) is 21.1 Å². The summed E-state index contributed by atoms with van der Waals surface area (Å²) in [5.74, 6) is -0.499. The lowest BCUT2D eigenvalue weighted by molar-refractivity contribution is -0.122. The number of methoxy groups -OCH3 is 2. The second kappa shape index (κ2) is 20.2. The fourth-order valence-corrected chi connectivity index (χ4v) is 4.83. The summed E-state index contributed by atoms with van der Waals surface area (Å²) in [5, 5.41) is 9.00. The fraction of sp³-hybridized carbons (Fsp3) is 0.211. The first-order valence-corrected chi connectivity index (χ1v) is 16.9. The zero-order valence-electron chi connectivity index (χ0n) is 28.4. The molecule has 0 atom stereocenters. The van der Waals surface area contributed by atoms with Crippen LogP contribution in [0.5, 0.6) is 23.0 Å². The van der Waals surface area contributed by atoms with Crippen LogP contribution in [-0.2, 0) is 9.59 Å². The third kappa shape index (κ3) is 12.6. The Balaban J connectivity index is 1.10. The molecular formula is C38H36Cl2N4O8. The Labute approximate surface area is 310 Å². The van der Waals surface area contributed by atoms with Gasteiger partial charge in [-0.3, -0.25) is 9.59 Å². The molecule has 4 aromatic carbocycles. The van der Waals surface area contributed by atoms with Gasteiger partial charge in [-0.1, -0.05) is 36.0 Å². The molecule has 2 N–H and O–H groups in total. The van der Waals surface area contributed by atoms with Gasteiger partial charge in [-0.25, -0.2) is 20.4 Å². The predicted octanol–water partition coefficient (Wildman–Crippen LogP) is 7.39. The molecule has 0 aliphatic carbocycles. The van der Waals surface area contributed by atoms with Crippen molar-refractivity contribution in [2.75, 3.05) is 14.2 Å². The van der Waals surface area contributed by atoms with E-state index in [0.717, 1.165) is 12.8 Å². The quantitative estimate of drug-likeness (QED) is 0.0373. The number of carbonyl (C=O) groups excluding carboxylic acids is 4. The molecule has 0 aliphatic heterocycles. The number of benzene rings is 4. The molecule has 4 aromatic rings. The van der Waals surface area contributed by atoms with Crippen LogP contribution in [-0.4, -0.2) is 50.4 Å². The van der Waals surface area contributed by atoms with Gasteiger partial charge in [-0.2, -0.15) is 10.2 Å². The average Bonchev–Trinajstić information content (AvgIpc) is 3.14. The summed E-state index contributed by atoms with van der Waals surface area (Å²) < 4.78 is 21.6. The molecule has 12 nitrogen and oxygen atoms in total. The van der Waals surface area contributed by atoms with E-state index in [4.69, 9.17) is 42.1 Å². The van der Waals surface area contributed by atoms with Crippen molar-refractivity contribution >= 4 is 59.4 Å². The maximum absolute atomic E-state index is 12.4. The van der Waals surface area contributed by atoms with Crippen LogP contribution >= 0.6 is 23.2 Å². The number of hydrogen-bond donors (Lipinski definition) is 2. The number of amides is 2. The first-order valence-electron chi connectivity index (χ1n) is 16.1. The van der Waals surface area contributed by atoms with E-state index in [0.29, 0.717) is 56.6 Å². The van der Waals surface area contributed by atoms with E-state index in [1.54, 1.807) is 84.9 Å². The molecule has 0 aliphatic rings. The monoisotopic (exact) mass is 746 g/mol. The number of hydrogen-bond acceptors (Lipinski definition) is 10. The number of carbonyl (C=O) groups is 4. The summed E-state index contributed by atoms with van der Waals surface area (Å²) >= 11 is 11.7. The van der Waals surface area contributed by atoms with Crippen molar-refractivity contribution < 1.29 is 38.1 Å². The van der Waals surface area contributed by atoms with Gasteiger partial charge < -0.3 is 18.9 Å². The van der Waals surface area contributed by atoms with Crippen molar-refractivity contribution in [3.63, 3.8) is 0 Å². The highest BCUT2D eigenvalue weighted by Gasteiger charge is 2.14. The predicted molar refractivity (Wildman–Crippen MR) is 198 cm³/mol. The molecule has 0 unspecified atom stereocenters. The second-order valence-electron chi connectivity index (χ2n) is 11.1. The van der Waals surface area contributed by atoms with Crippen molar-refractivity contribution in [1.29, 1.82) is 0 Å². The number of nitrogens with zero attached hydrogens (tertiary/aromatic N) is 2. The molecule has 0 radical (unpaired) electrons. The zero-order valence-corrected chi connectivity index (χ0v) is 29.9. The molecule has 0 bridgehead atoms. The molecule has 4 rings (SSSR count). The molecule has 52 heavy (non-hydrogen) atoms. The molecule has 2 amide bonds. The summed E-state index contributed by atoms with van der Waals surface area (Å²) in [6, 6.07) is 22.4. The van der Waals surface area contributed by atoms with Gasteiger partial charge in [0.1, 0.15) is 0 Å². The first kappa shape index (κ1) is 39.1. The van der Waals surface area contributed by atoms with Gasteiger partial charge in [0.2, 0.25) is 11.8 Å². The summed E-state index contributed by atoms with van der Waals surface area (Å²) in [4.78, 5) is 49.3. The van der Waals surface area contributed by atoms with Gasteiger partial charge in [0.15, 0.2) is 23.0 Å². The number of rotatable bonds is 17. The lowest BCUT2D eigenvalue weighted by atomic mass is 10.1. The molecule has 0 saturated heterocycles. The first-order chi connectivity index (χ1) is 25.1. The van der Waals surface area contributed by atoms with Crippen molar-refractivity contribution in [3.8, 4) is 23.0 Å². The van der Waals surface area contributed by atoms with E-state index >= 15 is 0 Å². The van der Waals surface area contributed by atoms with Crippen molar-refractivity contribution in [2.45, 2.75) is 38.5 Å². The number of ether oxygens (including phenoxy) is 4. The van der Waals surface area contributed by atoms with Crippen molar-refractivity contribution in [1.82, 2.24) is 10.9 Å². The number of unbranched alkanes of at least 4 members (excludes halogenated alkanes) is 3. The third-order valence-electron chi connectivity index (χ3n) is 7.30. The Morgan fingerprint density at radius 1 is 0.558 bits per heavy atom. The van der Waals surface area contributed by atoms with Gasteiger partial charge in [-0.05, 0) is 109 Å². The minimum absolute atomic E-state index is 0.231. The molecule has 0 fully saturated rings. The topological polar surface area (TPSA) is 154 Å². The number of nitrogens with one attached hydrogen (secondary N) is 2. The lowest BCUT2D eigenvalue weighted by Gasteiger charge is -2.10. The Morgan fingerprint density at radius 2 is 0.942 bits per heavy atom. The van der Waals surface area contributed by atoms with Crippen molar-refractivity contribution in [3.05, 3.63) is 117 Å².